The Morgan fingerprint density at radius 2 is 1.52 bits per heavy atom. The van der Waals surface area contributed by atoms with Crippen LogP contribution in [0.1, 0.15) is 27.9 Å². The maximum absolute atomic E-state index is 12.4. The molecule has 0 saturated heterocycles. The molecule has 2 N–H and O–H groups in total. The van der Waals surface area contributed by atoms with Gasteiger partial charge in [-0.2, -0.15) is 0 Å². The van der Waals surface area contributed by atoms with Gasteiger partial charge in [-0.05, 0) is 35.9 Å². The second-order valence-electron chi connectivity index (χ2n) is 6.88. The molecule has 0 saturated carbocycles. The fraction of sp³-hybridized carbons (Fsp3) is 0.200. The summed E-state index contributed by atoms with van der Waals surface area (Å²) in [4.78, 5) is 24.4. The maximum atomic E-state index is 12.4. The molecular weight excluding hydrogens is 392 g/mol. The Kier molecular flexibility index (Phi) is 8.05. The molecule has 0 aliphatic carbocycles. The average molecular weight is 418 g/mol. The maximum Gasteiger partial charge on any atom is 0.251 e. The number of methoxy groups -OCH3 is 1. The van der Waals surface area contributed by atoms with Crippen LogP contribution in [0.5, 0.6) is 11.5 Å². The first kappa shape index (κ1) is 21.9. The van der Waals surface area contributed by atoms with Crippen LogP contribution in [-0.2, 0) is 17.9 Å². The van der Waals surface area contributed by atoms with Crippen molar-refractivity contribution in [2.75, 3.05) is 13.7 Å². The summed E-state index contributed by atoms with van der Waals surface area (Å²) in [6.45, 7) is 1.10. The highest BCUT2D eigenvalue weighted by Gasteiger charge is 2.08. The molecule has 0 bridgehead atoms. The predicted octanol–water partition coefficient (Wildman–Crippen LogP) is 3.71. The monoisotopic (exact) mass is 418 g/mol. The average Bonchev–Trinajstić information content (AvgIpc) is 2.82. The Labute approximate surface area is 182 Å². The van der Waals surface area contributed by atoms with E-state index >= 15 is 0 Å². The number of hydrogen-bond donors (Lipinski definition) is 2. The minimum atomic E-state index is -0.167. The van der Waals surface area contributed by atoms with Gasteiger partial charge in [0.2, 0.25) is 5.91 Å². The lowest BCUT2D eigenvalue weighted by atomic mass is 10.1. The molecule has 31 heavy (non-hydrogen) atoms. The number of carbonyl (C=O) groups is 2. The summed E-state index contributed by atoms with van der Waals surface area (Å²) in [5.74, 6) is 1.23. The van der Waals surface area contributed by atoms with Gasteiger partial charge in [-0.3, -0.25) is 9.59 Å². The van der Waals surface area contributed by atoms with Gasteiger partial charge < -0.3 is 20.1 Å². The second-order valence-corrected chi connectivity index (χ2v) is 6.88. The van der Waals surface area contributed by atoms with Gasteiger partial charge in [-0.1, -0.05) is 48.5 Å². The molecule has 6 heteroatoms. The lowest BCUT2D eigenvalue weighted by Crippen LogP contribution is -2.25. The third-order valence-corrected chi connectivity index (χ3v) is 4.68. The van der Waals surface area contributed by atoms with Crippen LogP contribution in [0.25, 0.3) is 0 Å². The molecular formula is C25H26N2O4. The number of ether oxygens (including phenoxy) is 2. The molecule has 3 aromatic carbocycles. The van der Waals surface area contributed by atoms with E-state index in [4.69, 9.17) is 9.47 Å². The lowest BCUT2D eigenvalue weighted by Gasteiger charge is -2.10. The van der Waals surface area contributed by atoms with Crippen molar-refractivity contribution in [2.24, 2.45) is 0 Å². The molecule has 3 rings (SSSR count). The van der Waals surface area contributed by atoms with Crippen LogP contribution in [-0.4, -0.2) is 25.5 Å². The number of carbonyl (C=O) groups excluding carboxylic acids is 2. The van der Waals surface area contributed by atoms with Crippen molar-refractivity contribution >= 4 is 11.8 Å². The zero-order chi connectivity index (χ0) is 21.9. The number of rotatable bonds is 10. The summed E-state index contributed by atoms with van der Waals surface area (Å²) < 4.78 is 10.8. The quantitative estimate of drug-likeness (QED) is 0.526. The van der Waals surface area contributed by atoms with Crippen molar-refractivity contribution in [1.82, 2.24) is 10.6 Å². The molecule has 0 spiro atoms. The zero-order valence-corrected chi connectivity index (χ0v) is 17.5. The zero-order valence-electron chi connectivity index (χ0n) is 17.5. The van der Waals surface area contributed by atoms with E-state index in [1.165, 1.54) is 0 Å². The van der Waals surface area contributed by atoms with Crippen LogP contribution < -0.4 is 20.1 Å². The van der Waals surface area contributed by atoms with E-state index in [1.54, 1.807) is 19.2 Å². The largest absolute Gasteiger partial charge is 0.496 e. The Balaban J connectivity index is 1.41. The van der Waals surface area contributed by atoms with E-state index < -0.39 is 0 Å². The van der Waals surface area contributed by atoms with Crippen molar-refractivity contribution in [2.45, 2.75) is 19.5 Å². The fourth-order valence-corrected chi connectivity index (χ4v) is 2.97. The van der Waals surface area contributed by atoms with Crippen molar-refractivity contribution in [1.29, 1.82) is 0 Å². The number of amides is 2. The summed E-state index contributed by atoms with van der Waals surface area (Å²) in [6, 6.07) is 24.1. The first-order chi connectivity index (χ1) is 15.2. The molecule has 0 aromatic heterocycles. The van der Waals surface area contributed by atoms with Gasteiger partial charge in [0.25, 0.3) is 5.91 Å². The van der Waals surface area contributed by atoms with E-state index in [9.17, 15) is 9.59 Å². The Morgan fingerprint density at radius 1 is 0.806 bits per heavy atom. The molecule has 0 radical (unpaired) electrons. The highest BCUT2D eigenvalue weighted by atomic mass is 16.5. The van der Waals surface area contributed by atoms with E-state index in [2.05, 4.69) is 10.6 Å². The third kappa shape index (κ3) is 6.89. The van der Waals surface area contributed by atoms with Crippen molar-refractivity contribution in [3.05, 3.63) is 95.6 Å². The molecule has 0 atom stereocenters. The summed E-state index contributed by atoms with van der Waals surface area (Å²) in [5, 5.41) is 5.75. The predicted molar refractivity (Wildman–Crippen MR) is 119 cm³/mol. The lowest BCUT2D eigenvalue weighted by molar-refractivity contribution is -0.121. The highest BCUT2D eigenvalue weighted by molar-refractivity contribution is 5.94. The second kappa shape index (κ2) is 11.4. The highest BCUT2D eigenvalue weighted by Crippen LogP contribution is 2.17. The first-order valence-corrected chi connectivity index (χ1v) is 10.1. The Hall–Kier alpha value is -3.80. The topological polar surface area (TPSA) is 76.7 Å². The van der Waals surface area contributed by atoms with Gasteiger partial charge in [0.05, 0.1) is 20.1 Å². The third-order valence-electron chi connectivity index (χ3n) is 4.68. The summed E-state index contributed by atoms with van der Waals surface area (Å²) >= 11 is 0. The van der Waals surface area contributed by atoms with Crippen LogP contribution >= 0.6 is 0 Å². The molecule has 3 aromatic rings. The molecule has 0 heterocycles. The molecule has 2 amide bonds. The molecule has 0 unspecified atom stereocenters. The smallest absolute Gasteiger partial charge is 0.251 e. The van der Waals surface area contributed by atoms with E-state index in [-0.39, 0.29) is 18.2 Å². The van der Waals surface area contributed by atoms with Crippen LogP contribution in [0.2, 0.25) is 0 Å². The van der Waals surface area contributed by atoms with Gasteiger partial charge in [-0.25, -0.2) is 0 Å². The van der Waals surface area contributed by atoms with E-state index in [1.807, 2.05) is 66.7 Å². The number of para-hydroxylation sites is 2. The summed E-state index contributed by atoms with van der Waals surface area (Å²) in [5.41, 5.74) is 2.38. The fourth-order valence-electron chi connectivity index (χ4n) is 2.97. The SMILES string of the molecule is COc1ccccc1CNC(=O)c1ccc(CNC(=O)CCOc2ccccc2)cc1. The van der Waals surface area contributed by atoms with Crippen LogP contribution in [0.15, 0.2) is 78.9 Å². The number of benzene rings is 3. The van der Waals surface area contributed by atoms with Gasteiger partial charge in [0.15, 0.2) is 0 Å². The molecule has 6 nitrogen and oxygen atoms in total. The summed E-state index contributed by atoms with van der Waals surface area (Å²) in [7, 11) is 1.61. The molecule has 160 valence electrons. The van der Waals surface area contributed by atoms with E-state index in [0.29, 0.717) is 25.3 Å². The summed E-state index contributed by atoms with van der Waals surface area (Å²) in [6.07, 6.45) is 0.276. The molecule has 0 aliphatic heterocycles. The molecule has 0 fully saturated rings. The van der Waals surface area contributed by atoms with Crippen molar-refractivity contribution in [3.63, 3.8) is 0 Å². The minimum absolute atomic E-state index is 0.0884. The number of nitrogens with one attached hydrogen (secondary N) is 2. The van der Waals surface area contributed by atoms with Crippen molar-refractivity contribution in [3.8, 4) is 11.5 Å². The standard InChI is InChI=1S/C25H26N2O4/c1-30-23-10-6-5-7-21(23)18-27-25(29)20-13-11-19(12-14-20)17-26-24(28)15-16-31-22-8-3-2-4-9-22/h2-14H,15-18H2,1H3,(H,26,28)(H,27,29). The number of hydrogen-bond acceptors (Lipinski definition) is 4. The van der Waals surface area contributed by atoms with Gasteiger partial charge in [0.1, 0.15) is 11.5 Å². The Bertz CT molecular complexity index is 988. The Morgan fingerprint density at radius 3 is 2.26 bits per heavy atom. The van der Waals surface area contributed by atoms with Gasteiger partial charge in [-0.15, -0.1) is 0 Å². The minimum Gasteiger partial charge on any atom is -0.496 e. The van der Waals surface area contributed by atoms with Crippen LogP contribution in [0.3, 0.4) is 0 Å². The van der Waals surface area contributed by atoms with Crippen LogP contribution in [0, 0.1) is 0 Å². The first-order valence-electron chi connectivity index (χ1n) is 10.1. The van der Waals surface area contributed by atoms with Crippen LogP contribution in [0.4, 0.5) is 0 Å². The van der Waals surface area contributed by atoms with Crippen molar-refractivity contribution < 1.29 is 19.1 Å². The van der Waals surface area contributed by atoms with Gasteiger partial charge >= 0.3 is 0 Å². The van der Waals surface area contributed by atoms with Gasteiger partial charge in [0, 0.05) is 24.2 Å². The normalized spacial score (nSPS) is 10.2. The molecule has 0 aliphatic rings. The van der Waals surface area contributed by atoms with E-state index in [0.717, 1.165) is 22.6 Å².